The summed E-state index contributed by atoms with van der Waals surface area (Å²) in [6, 6.07) is 8.33. The fraction of sp³-hybridized carbons (Fsp3) is 0.211. The number of ketones is 1. The Morgan fingerprint density at radius 2 is 1.81 bits per heavy atom. The van der Waals surface area contributed by atoms with Crippen LogP contribution in [0.2, 0.25) is 5.02 Å². The van der Waals surface area contributed by atoms with Crippen molar-refractivity contribution in [1.29, 1.82) is 0 Å². The molecule has 0 saturated heterocycles. The van der Waals surface area contributed by atoms with E-state index in [0.29, 0.717) is 33.0 Å². The molecule has 7 heteroatoms. The van der Waals surface area contributed by atoms with Gasteiger partial charge in [-0.25, -0.2) is 4.39 Å². The van der Waals surface area contributed by atoms with Gasteiger partial charge in [-0.2, -0.15) is 0 Å². The topological polar surface area (TPSA) is 26.3 Å². The van der Waals surface area contributed by atoms with Gasteiger partial charge in [0.05, 0.1) is 9.90 Å². The first kappa shape index (κ1) is 21.5. The van der Waals surface area contributed by atoms with Crippen molar-refractivity contribution in [3.63, 3.8) is 0 Å². The number of fused-ring (bicyclic) bond motifs is 1. The molecule has 1 heterocycles. The van der Waals surface area contributed by atoms with E-state index in [1.165, 1.54) is 23.5 Å². The van der Waals surface area contributed by atoms with Crippen LogP contribution in [0.4, 0.5) is 4.39 Å². The predicted octanol–water partition coefficient (Wildman–Crippen LogP) is 7.89. The molecular weight excluding hydrogens is 505 g/mol. The Morgan fingerprint density at radius 3 is 2.38 bits per heavy atom. The lowest BCUT2D eigenvalue weighted by atomic mass is 9.98. The summed E-state index contributed by atoms with van der Waals surface area (Å²) in [7, 11) is 0. The van der Waals surface area contributed by atoms with Crippen molar-refractivity contribution in [2.24, 2.45) is 0 Å². The van der Waals surface area contributed by atoms with E-state index >= 15 is 0 Å². The standard InChI is InChI=1S/C17H12ClFIO2PS.C2H6/c1-8-5-10(19)6-9(2)14(8)16(21)17-15(18)12-4-3-11(22-23-20)7-13(12)24-17;1-2/h3-7,23H,1-2H3;1-2H3. The average molecular weight is 523 g/mol. The summed E-state index contributed by atoms with van der Waals surface area (Å²) in [5.74, 6) is 0.237. The number of carbonyl (C=O) groups is 1. The van der Waals surface area contributed by atoms with E-state index in [1.54, 1.807) is 13.8 Å². The number of rotatable bonds is 4. The van der Waals surface area contributed by atoms with E-state index in [0.717, 1.165) is 15.8 Å². The molecule has 2 nitrogen and oxygen atoms in total. The zero-order chi connectivity index (χ0) is 19.4. The van der Waals surface area contributed by atoms with Crippen LogP contribution in [-0.4, -0.2) is 5.78 Å². The lowest BCUT2D eigenvalue weighted by Crippen LogP contribution is -2.05. The Bertz CT molecular complexity index is 935. The smallest absolute Gasteiger partial charge is 0.205 e. The van der Waals surface area contributed by atoms with Crippen LogP contribution in [0, 0.1) is 19.7 Å². The maximum Gasteiger partial charge on any atom is 0.205 e. The highest BCUT2D eigenvalue weighted by atomic mass is 127. The molecule has 0 bridgehead atoms. The maximum absolute atomic E-state index is 13.5. The third-order valence-corrected chi connectivity index (χ3v) is 6.32. The van der Waals surface area contributed by atoms with Crippen molar-refractivity contribution >= 4 is 67.3 Å². The van der Waals surface area contributed by atoms with Crippen molar-refractivity contribution in [3.8, 4) is 5.75 Å². The van der Waals surface area contributed by atoms with Gasteiger partial charge in [0.1, 0.15) is 18.0 Å². The van der Waals surface area contributed by atoms with Gasteiger partial charge < -0.3 is 4.52 Å². The van der Waals surface area contributed by atoms with Gasteiger partial charge in [0.25, 0.3) is 0 Å². The Balaban J connectivity index is 0.00000117. The molecule has 3 aromatic rings. The Hall–Kier alpha value is -0.750. The van der Waals surface area contributed by atoms with Crippen LogP contribution in [0.5, 0.6) is 5.75 Å². The number of hydrogen-bond donors (Lipinski definition) is 0. The molecule has 1 atom stereocenters. The van der Waals surface area contributed by atoms with Crippen molar-refractivity contribution in [1.82, 2.24) is 0 Å². The third-order valence-electron chi connectivity index (χ3n) is 3.69. The molecule has 1 aromatic heterocycles. The minimum absolute atomic E-state index is 0.172. The molecule has 0 saturated carbocycles. The Morgan fingerprint density at radius 1 is 1.19 bits per heavy atom. The van der Waals surface area contributed by atoms with Gasteiger partial charge in [0.15, 0.2) is 0 Å². The van der Waals surface area contributed by atoms with Crippen LogP contribution in [0.3, 0.4) is 0 Å². The van der Waals surface area contributed by atoms with Crippen molar-refractivity contribution in [2.75, 3.05) is 0 Å². The van der Waals surface area contributed by atoms with Crippen LogP contribution in [0.1, 0.15) is 40.2 Å². The minimum Gasteiger partial charge on any atom is -0.467 e. The molecule has 0 aliphatic carbocycles. The van der Waals surface area contributed by atoms with E-state index < -0.39 is 0 Å². The first-order valence-corrected chi connectivity index (χ1v) is 13.2. The average Bonchev–Trinajstić information content (AvgIpc) is 2.92. The summed E-state index contributed by atoms with van der Waals surface area (Å²) < 4.78 is 19.9. The number of halogens is 3. The quantitative estimate of drug-likeness (QED) is 0.198. The summed E-state index contributed by atoms with van der Waals surface area (Å²) in [4.78, 5) is 13.4. The van der Waals surface area contributed by atoms with E-state index in [9.17, 15) is 9.18 Å². The van der Waals surface area contributed by atoms with Gasteiger partial charge in [0.2, 0.25) is 5.78 Å². The van der Waals surface area contributed by atoms with Gasteiger partial charge in [-0.3, -0.25) is 4.79 Å². The fourth-order valence-corrected chi connectivity index (χ4v) is 5.15. The van der Waals surface area contributed by atoms with Crippen LogP contribution >= 0.6 is 51.4 Å². The SMILES string of the molecule is CC.Cc1cc(F)cc(C)c1C(=O)c1sc2cc(OPI)ccc2c1Cl. The lowest BCUT2D eigenvalue weighted by Gasteiger charge is -2.08. The largest absolute Gasteiger partial charge is 0.467 e. The minimum atomic E-state index is -0.342. The lowest BCUT2D eigenvalue weighted by molar-refractivity contribution is 0.104. The molecule has 138 valence electrons. The van der Waals surface area contributed by atoms with E-state index in [-0.39, 0.29) is 11.6 Å². The van der Waals surface area contributed by atoms with Crippen LogP contribution in [-0.2, 0) is 0 Å². The number of aryl methyl sites for hydroxylation is 2. The zero-order valence-corrected chi connectivity index (χ0v) is 19.5. The summed E-state index contributed by atoms with van der Waals surface area (Å²) >= 11 is 9.93. The molecule has 0 spiro atoms. The monoisotopic (exact) mass is 522 g/mol. The highest BCUT2D eigenvalue weighted by Gasteiger charge is 2.22. The molecule has 0 N–H and O–H groups in total. The first-order valence-electron chi connectivity index (χ1n) is 7.98. The highest BCUT2D eigenvalue weighted by molar-refractivity contribution is 14.2. The second-order valence-corrected chi connectivity index (χ2v) is 8.44. The summed E-state index contributed by atoms with van der Waals surface area (Å²) in [6.07, 6.45) is 0. The number of hydrogen-bond acceptors (Lipinski definition) is 3. The molecule has 0 radical (unpaired) electrons. The van der Waals surface area contributed by atoms with Gasteiger partial charge in [0, 0.05) is 15.6 Å². The van der Waals surface area contributed by atoms with E-state index in [2.05, 4.69) is 22.0 Å². The molecule has 1 unspecified atom stereocenters. The van der Waals surface area contributed by atoms with Gasteiger partial charge in [-0.1, -0.05) is 25.4 Å². The van der Waals surface area contributed by atoms with E-state index in [1.807, 2.05) is 32.0 Å². The van der Waals surface area contributed by atoms with Crippen molar-refractivity contribution in [2.45, 2.75) is 27.7 Å². The maximum atomic E-state index is 13.5. The van der Waals surface area contributed by atoms with Gasteiger partial charge in [-0.05, 0) is 77.3 Å². The molecule has 0 aliphatic heterocycles. The normalized spacial score (nSPS) is 10.9. The molecule has 0 aliphatic rings. The van der Waals surface area contributed by atoms with Crippen LogP contribution in [0.25, 0.3) is 10.1 Å². The Labute approximate surface area is 176 Å². The highest BCUT2D eigenvalue weighted by Crippen LogP contribution is 2.40. The molecular formula is C19H18ClFIO2PS. The first-order chi connectivity index (χ1) is 12.4. The van der Waals surface area contributed by atoms with Crippen LogP contribution < -0.4 is 4.52 Å². The van der Waals surface area contributed by atoms with Crippen molar-refractivity contribution < 1.29 is 13.7 Å². The summed E-state index contributed by atoms with van der Waals surface area (Å²) in [6.45, 7) is 7.79. The molecule has 0 amide bonds. The van der Waals surface area contributed by atoms with Crippen LogP contribution in [0.15, 0.2) is 30.3 Å². The number of benzene rings is 2. The summed E-state index contributed by atoms with van der Waals surface area (Å²) in [5.41, 5.74) is 1.73. The molecule has 0 fully saturated rings. The van der Waals surface area contributed by atoms with Crippen molar-refractivity contribution in [3.05, 3.63) is 62.7 Å². The van der Waals surface area contributed by atoms with Gasteiger partial charge >= 0.3 is 0 Å². The molecule has 3 rings (SSSR count). The third kappa shape index (κ3) is 4.38. The zero-order valence-electron chi connectivity index (χ0n) is 14.7. The summed E-state index contributed by atoms with van der Waals surface area (Å²) in [5, 5.41) is 1.26. The van der Waals surface area contributed by atoms with Gasteiger partial charge in [-0.15, -0.1) is 11.3 Å². The molecule has 2 aromatic carbocycles. The Kier molecular flexibility index (Phi) is 7.83. The fourth-order valence-electron chi connectivity index (χ4n) is 2.68. The second-order valence-electron chi connectivity index (χ2n) is 5.33. The number of thiophene rings is 1. The predicted molar refractivity (Wildman–Crippen MR) is 120 cm³/mol. The molecule has 26 heavy (non-hydrogen) atoms. The number of carbonyl (C=O) groups excluding carboxylic acids is 1. The van der Waals surface area contributed by atoms with E-state index in [4.69, 9.17) is 16.1 Å². The second kappa shape index (κ2) is 9.45.